The van der Waals surface area contributed by atoms with Crippen molar-refractivity contribution in [2.45, 2.75) is 50.3 Å². The number of thiazole rings is 2. The van der Waals surface area contributed by atoms with Crippen LogP contribution < -0.4 is 10.6 Å². The van der Waals surface area contributed by atoms with Gasteiger partial charge in [-0.3, -0.25) is 20.2 Å². The predicted octanol–water partition coefficient (Wildman–Crippen LogP) is 6.10. The van der Waals surface area contributed by atoms with E-state index in [0.29, 0.717) is 59.0 Å². The lowest BCUT2D eigenvalue weighted by Gasteiger charge is -2.34. The molecule has 4 unspecified atom stereocenters. The molecule has 2 aliphatic heterocycles. The number of amides is 2. The first kappa shape index (κ1) is 36.3. The van der Waals surface area contributed by atoms with Crippen molar-refractivity contribution in [2.24, 2.45) is 23.7 Å². The smallest absolute Gasteiger partial charge is 0.257 e. The molecule has 266 valence electrons. The highest BCUT2D eigenvalue weighted by atomic mass is 32.2. The molecule has 0 spiro atoms. The molecule has 0 aliphatic carbocycles. The molecule has 2 amide bonds. The average Bonchev–Trinajstić information content (AvgIpc) is 3.73. The highest BCUT2D eigenvalue weighted by Gasteiger charge is 2.33. The third-order valence-electron chi connectivity index (χ3n) is 8.89. The number of hydrogen-bond acceptors (Lipinski definition) is 10. The van der Waals surface area contributed by atoms with Gasteiger partial charge in [-0.15, -0.1) is 22.7 Å². The molecule has 0 bridgehead atoms. The van der Waals surface area contributed by atoms with Gasteiger partial charge >= 0.3 is 0 Å². The number of hydrogen-bond donors (Lipinski definition) is 2. The van der Waals surface area contributed by atoms with Gasteiger partial charge in [0.05, 0.1) is 9.79 Å². The normalized spacial score (nSPS) is 22.2. The molecule has 0 radical (unpaired) electrons. The van der Waals surface area contributed by atoms with Gasteiger partial charge in [-0.1, -0.05) is 27.7 Å². The fourth-order valence-corrected chi connectivity index (χ4v) is 11.5. The number of benzene rings is 2. The average molecular weight is 757 g/mol. The Morgan fingerprint density at radius 1 is 0.600 bits per heavy atom. The summed E-state index contributed by atoms with van der Waals surface area (Å²) >= 11 is 2.41. The van der Waals surface area contributed by atoms with Crippen LogP contribution in [0.15, 0.2) is 69.1 Å². The largest absolute Gasteiger partial charge is 0.298 e. The summed E-state index contributed by atoms with van der Waals surface area (Å²) in [5.41, 5.74) is 1.59. The lowest BCUT2D eigenvalue weighted by atomic mass is 9.94. The van der Waals surface area contributed by atoms with E-state index in [1.165, 1.54) is 79.8 Å². The minimum absolute atomic E-state index is 0.153. The van der Waals surface area contributed by atoms with Crippen molar-refractivity contribution in [3.05, 3.63) is 70.4 Å². The first-order chi connectivity index (χ1) is 23.7. The molecule has 2 fully saturated rings. The van der Waals surface area contributed by atoms with Crippen LogP contribution in [0.5, 0.6) is 0 Å². The molecule has 6 rings (SSSR count). The van der Waals surface area contributed by atoms with E-state index in [0.717, 1.165) is 12.8 Å². The molecular formula is C34H40N6O6S4. The van der Waals surface area contributed by atoms with Gasteiger partial charge in [-0.25, -0.2) is 26.8 Å². The number of sulfonamides is 2. The molecule has 0 saturated carbocycles. The maximum absolute atomic E-state index is 13.2. The van der Waals surface area contributed by atoms with Crippen molar-refractivity contribution in [2.75, 3.05) is 36.8 Å². The summed E-state index contributed by atoms with van der Waals surface area (Å²) in [6.07, 6.45) is 1.99. The fraction of sp³-hybridized carbons (Fsp3) is 0.412. The van der Waals surface area contributed by atoms with Gasteiger partial charge in [0, 0.05) is 48.1 Å². The lowest BCUT2D eigenvalue weighted by Crippen LogP contribution is -2.42. The van der Waals surface area contributed by atoms with Crippen LogP contribution >= 0.6 is 22.7 Å². The molecule has 4 aromatic rings. The number of nitrogens with zero attached hydrogens (tertiary/aromatic N) is 4. The van der Waals surface area contributed by atoms with Crippen molar-refractivity contribution < 1.29 is 26.4 Å². The maximum Gasteiger partial charge on any atom is 0.257 e. The van der Waals surface area contributed by atoms with E-state index < -0.39 is 31.9 Å². The van der Waals surface area contributed by atoms with Gasteiger partial charge in [0.1, 0.15) is 11.4 Å². The molecule has 2 aromatic heterocycles. The van der Waals surface area contributed by atoms with Gasteiger partial charge in [0.25, 0.3) is 11.8 Å². The van der Waals surface area contributed by atoms with Gasteiger partial charge in [0.15, 0.2) is 10.3 Å². The SMILES string of the molecule is CC1CC(C)CN(S(=O)(=O)c2ccc(C(=O)Nc3nc(-c4csc(NC(=O)c5ccc(S(=O)(=O)N6CC(C)CC(C)C6)cc5)n4)cs3)cc2)C1. The molecule has 4 heterocycles. The van der Waals surface area contributed by atoms with Crippen molar-refractivity contribution in [3.63, 3.8) is 0 Å². The number of rotatable bonds is 9. The van der Waals surface area contributed by atoms with Crippen LogP contribution in [0.25, 0.3) is 11.4 Å². The molecular weight excluding hydrogens is 717 g/mol. The second-order valence-electron chi connectivity index (χ2n) is 13.6. The van der Waals surface area contributed by atoms with Gasteiger partial charge in [0.2, 0.25) is 20.0 Å². The topological polar surface area (TPSA) is 159 Å². The maximum atomic E-state index is 13.2. The molecule has 2 N–H and O–H groups in total. The van der Waals surface area contributed by atoms with E-state index in [2.05, 4.69) is 48.3 Å². The summed E-state index contributed by atoms with van der Waals surface area (Å²) < 4.78 is 55.8. The zero-order chi connectivity index (χ0) is 35.8. The number of anilines is 2. The number of nitrogens with one attached hydrogen (secondary N) is 2. The minimum atomic E-state index is -3.66. The number of carbonyl (C=O) groups excluding carboxylic acids is 2. The van der Waals surface area contributed by atoms with Crippen LogP contribution in [0, 0.1) is 23.7 Å². The van der Waals surface area contributed by atoms with Gasteiger partial charge < -0.3 is 0 Å². The van der Waals surface area contributed by atoms with E-state index in [4.69, 9.17) is 0 Å². The van der Waals surface area contributed by atoms with Crippen LogP contribution in [0.3, 0.4) is 0 Å². The number of carbonyl (C=O) groups is 2. The molecule has 2 saturated heterocycles. The molecule has 2 aliphatic rings. The third kappa shape index (κ3) is 8.00. The van der Waals surface area contributed by atoms with Crippen LogP contribution in [0.2, 0.25) is 0 Å². The Balaban J connectivity index is 1.05. The minimum Gasteiger partial charge on any atom is -0.298 e. The predicted molar refractivity (Wildman–Crippen MR) is 195 cm³/mol. The molecule has 12 nitrogen and oxygen atoms in total. The monoisotopic (exact) mass is 756 g/mol. The van der Waals surface area contributed by atoms with E-state index in [1.807, 2.05) is 0 Å². The van der Waals surface area contributed by atoms with Crippen molar-refractivity contribution in [1.82, 2.24) is 18.6 Å². The molecule has 50 heavy (non-hydrogen) atoms. The Bertz CT molecular complexity index is 1910. The zero-order valence-electron chi connectivity index (χ0n) is 28.2. The van der Waals surface area contributed by atoms with E-state index in [1.54, 1.807) is 10.8 Å². The van der Waals surface area contributed by atoms with Crippen LogP contribution in [-0.4, -0.2) is 73.4 Å². The summed E-state index contributed by atoms with van der Waals surface area (Å²) in [6.45, 7) is 10.1. The summed E-state index contributed by atoms with van der Waals surface area (Å²) in [4.78, 5) is 35.1. The van der Waals surface area contributed by atoms with Gasteiger partial charge in [-0.2, -0.15) is 8.61 Å². The standard InChI is InChI=1S/C34H40N6O6S4/c1-21-13-22(2)16-39(15-21)49(43,44)27-9-5-25(6-10-27)31(41)37-33-35-29(19-47-33)30-20-48-34(36-30)38-32(42)26-7-11-28(12-8-26)50(45,46)40-17-23(3)14-24(4)18-40/h5-12,19-24H,13-18H2,1-4H3,(H,35,37,41)(H,36,38,42). The number of aromatic nitrogens is 2. The third-order valence-corrected chi connectivity index (χ3v) is 14.1. The highest BCUT2D eigenvalue weighted by Crippen LogP contribution is 2.31. The Hall–Kier alpha value is -3.54. The van der Waals surface area contributed by atoms with Crippen molar-refractivity contribution >= 4 is 64.8 Å². The molecule has 4 atom stereocenters. The Morgan fingerprint density at radius 3 is 1.24 bits per heavy atom. The van der Waals surface area contributed by atoms with E-state index >= 15 is 0 Å². The van der Waals surface area contributed by atoms with Gasteiger partial charge in [-0.05, 0) is 85.0 Å². The Kier molecular flexibility index (Phi) is 10.6. The quantitative estimate of drug-likeness (QED) is 0.207. The first-order valence-corrected chi connectivity index (χ1v) is 21.1. The second-order valence-corrected chi connectivity index (χ2v) is 19.2. The van der Waals surface area contributed by atoms with E-state index in [-0.39, 0.29) is 33.5 Å². The fourth-order valence-electron chi connectivity index (χ4n) is 6.69. The summed E-state index contributed by atoms with van der Waals surface area (Å²) in [7, 11) is -7.31. The zero-order valence-corrected chi connectivity index (χ0v) is 31.5. The first-order valence-electron chi connectivity index (χ1n) is 16.4. The lowest BCUT2D eigenvalue weighted by molar-refractivity contribution is 0.101. The Morgan fingerprint density at radius 2 is 0.920 bits per heavy atom. The highest BCUT2D eigenvalue weighted by molar-refractivity contribution is 7.89. The van der Waals surface area contributed by atoms with Crippen molar-refractivity contribution in [1.29, 1.82) is 0 Å². The van der Waals surface area contributed by atoms with E-state index in [9.17, 15) is 26.4 Å². The van der Waals surface area contributed by atoms with Crippen LogP contribution in [0.1, 0.15) is 61.3 Å². The summed E-state index contributed by atoms with van der Waals surface area (Å²) in [6, 6.07) is 11.8. The number of piperidine rings is 2. The molecule has 16 heteroatoms. The van der Waals surface area contributed by atoms with Crippen molar-refractivity contribution in [3.8, 4) is 11.4 Å². The summed E-state index contributed by atoms with van der Waals surface area (Å²) in [5, 5.41) is 9.63. The van der Waals surface area contributed by atoms with Crippen LogP contribution in [-0.2, 0) is 20.0 Å². The summed E-state index contributed by atoms with van der Waals surface area (Å²) in [5.74, 6) is 0.276. The molecule has 2 aromatic carbocycles. The Labute approximate surface area is 301 Å². The van der Waals surface area contributed by atoms with Crippen LogP contribution in [0.4, 0.5) is 10.3 Å². The second kappa shape index (κ2) is 14.6.